The topological polar surface area (TPSA) is 88.6 Å². The Morgan fingerprint density at radius 1 is 1.25 bits per heavy atom. The number of carbonyl (C=O) groups is 1. The fourth-order valence-corrected chi connectivity index (χ4v) is 1.73. The molecule has 0 fully saturated rings. The molecule has 7 heteroatoms. The second kappa shape index (κ2) is 5.60. The molecule has 0 aliphatic rings. The maximum absolute atomic E-state index is 12.0. The summed E-state index contributed by atoms with van der Waals surface area (Å²) in [6, 6.07) is 3.43. The molecule has 1 aromatic carbocycles. The molecule has 0 saturated heterocycles. The highest BCUT2D eigenvalue weighted by molar-refractivity contribution is 6.05. The van der Waals surface area contributed by atoms with E-state index in [4.69, 9.17) is 9.47 Å². The van der Waals surface area contributed by atoms with E-state index in [2.05, 4.69) is 20.7 Å². The van der Waals surface area contributed by atoms with Crippen molar-refractivity contribution in [1.29, 1.82) is 0 Å². The lowest BCUT2D eigenvalue weighted by atomic mass is 10.2. The first kappa shape index (κ1) is 13.9. The number of H-pyrrole nitrogens is 1. The fourth-order valence-electron chi connectivity index (χ4n) is 1.73. The van der Waals surface area contributed by atoms with Gasteiger partial charge in [-0.3, -0.25) is 9.89 Å². The highest BCUT2D eigenvalue weighted by Gasteiger charge is 2.16. The summed E-state index contributed by atoms with van der Waals surface area (Å²) in [6.07, 6.45) is 0. The number of methoxy groups -OCH3 is 2. The minimum absolute atomic E-state index is 0.256. The SMILES string of the molecule is COc1cc2[nH]nc(C(=O)NN=C(C)C)c2cc1OC. The number of benzene rings is 1. The molecule has 0 spiro atoms. The average molecular weight is 276 g/mol. The van der Waals surface area contributed by atoms with Gasteiger partial charge in [-0.1, -0.05) is 0 Å². The molecular formula is C13H16N4O3. The minimum atomic E-state index is -0.385. The maximum Gasteiger partial charge on any atom is 0.292 e. The summed E-state index contributed by atoms with van der Waals surface area (Å²) in [5.41, 5.74) is 4.13. The third-order valence-corrected chi connectivity index (χ3v) is 2.66. The maximum atomic E-state index is 12.0. The van der Waals surface area contributed by atoms with Crippen LogP contribution in [0.2, 0.25) is 0 Å². The first-order chi connectivity index (χ1) is 9.56. The summed E-state index contributed by atoms with van der Waals surface area (Å²) < 4.78 is 10.4. The van der Waals surface area contributed by atoms with Crippen molar-refractivity contribution in [1.82, 2.24) is 15.6 Å². The van der Waals surface area contributed by atoms with Crippen LogP contribution in [0.5, 0.6) is 11.5 Å². The van der Waals surface area contributed by atoms with Gasteiger partial charge in [0.05, 0.1) is 19.7 Å². The van der Waals surface area contributed by atoms with Gasteiger partial charge in [0.15, 0.2) is 17.2 Å². The largest absolute Gasteiger partial charge is 0.493 e. The van der Waals surface area contributed by atoms with Crippen molar-refractivity contribution >= 4 is 22.5 Å². The molecule has 0 aliphatic heterocycles. The zero-order chi connectivity index (χ0) is 14.7. The molecule has 20 heavy (non-hydrogen) atoms. The summed E-state index contributed by atoms with van der Waals surface area (Å²) in [4.78, 5) is 12.0. The highest BCUT2D eigenvalue weighted by atomic mass is 16.5. The number of hydrogen-bond acceptors (Lipinski definition) is 5. The summed E-state index contributed by atoms with van der Waals surface area (Å²) in [5.74, 6) is 0.716. The number of aromatic nitrogens is 2. The molecule has 0 atom stereocenters. The number of nitrogens with zero attached hydrogens (tertiary/aromatic N) is 2. The van der Waals surface area contributed by atoms with E-state index in [-0.39, 0.29) is 11.6 Å². The van der Waals surface area contributed by atoms with E-state index in [0.29, 0.717) is 22.4 Å². The number of carbonyl (C=O) groups excluding carboxylic acids is 1. The van der Waals surface area contributed by atoms with Gasteiger partial charge in [0.1, 0.15) is 0 Å². The van der Waals surface area contributed by atoms with Crippen molar-refractivity contribution in [2.75, 3.05) is 14.2 Å². The molecule has 0 aliphatic carbocycles. The summed E-state index contributed by atoms with van der Waals surface area (Å²) in [6.45, 7) is 3.58. The van der Waals surface area contributed by atoms with E-state index in [0.717, 1.165) is 5.71 Å². The van der Waals surface area contributed by atoms with Gasteiger partial charge < -0.3 is 9.47 Å². The Balaban J connectivity index is 2.45. The molecule has 0 unspecified atom stereocenters. The number of ether oxygens (including phenoxy) is 2. The van der Waals surface area contributed by atoms with Gasteiger partial charge in [0.25, 0.3) is 5.91 Å². The van der Waals surface area contributed by atoms with Crippen molar-refractivity contribution in [3.8, 4) is 11.5 Å². The van der Waals surface area contributed by atoms with Crippen molar-refractivity contribution in [2.24, 2.45) is 5.10 Å². The van der Waals surface area contributed by atoms with Crippen LogP contribution >= 0.6 is 0 Å². The Morgan fingerprint density at radius 2 is 1.90 bits per heavy atom. The minimum Gasteiger partial charge on any atom is -0.493 e. The Bertz CT molecular complexity index is 672. The number of nitrogens with one attached hydrogen (secondary N) is 2. The molecule has 0 saturated carbocycles. The Kier molecular flexibility index (Phi) is 3.88. The third-order valence-electron chi connectivity index (χ3n) is 2.66. The van der Waals surface area contributed by atoms with Crippen LogP contribution in [0.25, 0.3) is 10.9 Å². The summed E-state index contributed by atoms with van der Waals surface area (Å²) in [5, 5.41) is 11.3. The van der Waals surface area contributed by atoms with Crippen LogP contribution in [0.15, 0.2) is 17.2 Å². The molecule has 2 aromatic rings. The lowest BCUT2D eigenvalue weighted by Gasteiger charge is -2.07. The lowest BCUT2D eigenvalue weighted by molar-refractivity contribution is 0.0951. The molecule has 1 aromatic heterocycles. The second-order valence-corrected chi connectivity index (χ2v) is 4.32. The van der Waals surface area contributed by atoms with Crippen LogP contribution in [0.3, 0.4) is 0 Å². The third kappa shape index (κ3) is 2.56. The zero-order valence-corrected chi connectivity index (χ0v) is 11.8. The summed E-state index contributed by atoms with van der Waals surface area (Å²) >= 11 is 0. The Morgan fingerprint density at radius 3 is 2.50 bits per heavy atom. The van der Waals surface area contributed by atoms with Crippen LogP contribution in [0.4, 0.5) is 0 Å². The molecule has 1 amide bonds. The number of fused-ring (bicyclic) bond motifs is 1. The van der Waals surface area contributed by atoms with Crippen LogP contribution < -0.4 is 14.9 Å². The van der Waals surface area contributed by atoms with Gasteiger partial charge in [0.2, 0.25) is 0 Å². The Labute approximate surface area is 116 Å². The van der Waals surface area contributed by atoms with Gasteiger partial charge in [0, 0.05) is 17.2 Å². The van der Waals surface area contributed by atoms with E-state index in [1.165, 1.54) is 7.11 Å². The van der Waals surface area contributed by atoms with Crippen LogP contribution in [0.1, 0.15) is 24.3 Å². The quantitative estimate of drug-likeness (QED) is 0.657. The van der Waals surface area contributed by atoms with Crippen LogP contribution in [0, 0.1) is 0 Å². The van der Waals surface area contributed by atoms with E-state index >= 15 is 0 Å². The lowest BCUT2D eigenvalue weighted by Crippen LogP contribution is -2.19. The molecule has 7 nitrogen and oxygen atoms in total. The second-order valence-electron chi connectivity index (χ2n) is 4.32. The number of hydrogen-bond donors (Lipinski definition) is 2. The Hall–Kier alpha value is -2.57. The molecule has 1 heterocycles. The molecule has 106 valence electrons. The summed E-state index contributed by atoms with van der Waals surface area (Å²) in [7, 11) is 3.08. The van der Waals surface area contributed by atoms with Gasteiger partial charge in [-0.25, -0.2) is 5.43 Å². The van der Waals surface area contributed by atoms with Crippen molar-refractivity contribution in [3.63, 3.8) is 0 Å². The normalized spacial score (nSPS) is 10.2. The van der Waals surface area contributed by atoms with Crippen molar-refractivity contribution in [2.45, 2.75) is 13.8 Å². The van der Waals surface area contributed by atoms with E-state index in [1.54, 1.807) is 33.1 Å². The fraction of sp³-hybridized carbons (Fsp3) is 0.308. The monoisotopic (exact) mass is 276 g/mol. The van der Waals surface area contributed by atoms with Crippen molar-refractivity contribution < 1.29 is 14.3 Å². The number of aromatic amines is 1. The smallest absolute Gasteiger partial charge is 0.292 e. The standard InChI is InChI=1S/C13H16N4O3/c1-7(2)14-17-13(18)12-8-5-10(19-3)11(20-4)6-9(8)15-16-12/h5-6H,1-4H3,(H,15,16)(H,17,18). The van der Waals surface area contributed by atoms with Crippen molar-refractivity contribution in [3.05, 3.63) is 17.8 Å². The van der Waals surface area contributed by atoms with E-state index in [9.17, 15) is 4.79 Å². The van der Waals surface area contributed by atoms with Gasteiger partial charge in [-0.2, -0.15) is 10.2 Å². The van der Waals surface area contributed by atoms with E-state index in [1.807, 2.05) is 0 Å². The number of rotatable bonds is 4. The van der Waals surface area contributed by atoms with E-state index < -0.39 is 0 Å². The zero-order valence-electron chi connectivity index (χ0n) is 11.8. The number of hydrazone groups is 1. The first-order valence-corrected chi connectivity index (χ1v) is 5.98. The van der Waals surface area contributed by atoms with Gasteiger partial charge in [-0.15, -0.1) is 0 Å². The molecule has 0 radical (unpaired) electrons. The highest BCUT2D eigenvalue weighted by Crippen LogP contribution is 2.32. The molecular weight excluding hydrogens is 260 g/mol. The molecule has 2 rings (SSSR count). The predicted molar refractivity (Wildman–Crippen MR) is 75.4 cm³/mol. The van der Waals surface area contributed by atoms with Crippen LogP contribution in [-0.4, -0.2) is 36.0 Å². The predicted octanol–water partition coefficient (Wildman–Crippen LogP) is 1.71. The average Bonchev–Trinajstić information content (AvgIpc) is 2.85. The molecule has 0 bridgehead atoms. The van der Waals surface area contributed by atoms with Gasteiger partial charge in [-0.05, 0) is 19.9 Å². The first-order valence-electron chi connectivity index (χ1n) is 5.98. The molecule has 2 N–H and O–H groups in total. The van der Waals surface area contributed by atoms with Crippen LogP contribution in [-0.2, 0) is 0 Å². The number of amides is 1. The van der Waals surface area contributed by atoms with Gasteiger partial charge >= 0.3 is 0 Å².